The standard InChI is InChI=1S/C8H15NO/c1-3-7(2)9-5-4-8(10)6-9/h3,7-8,10H,1,4-6H2,2H3/t7?,8-/m0/s1. The molecule has 1 aliphatic heterocycles. The molecule has 0 spiro atoms. The van der Waals surface area contributed by atoms with Gasteiger partial charge in [0.1, 0.15) is 0 Å². The first kappa shape index (κ1) is 7.76. The summed E-state index contributed by atoms with van der Waals surface area (Å²) in [6, 6.07) is 0.414. The highest BCUT2D eigenvalue weighted by molar-refractivity contribution is 4.88. The normalized spacial score (nSPS) is 30.4. The topological polar surface area (TPSA) is 23.5 Å². The second kappa shape index (κ2) is 3.17. The van der Waals surface area contributed by atoms with Crippen LogP contribution in [0.5, 0.6) is 0 Å². The van der Waals surface area contributed by atoms with E-state index in [9.17, 15) is 0 Å². The zero-order valence-electron chi connectivity index (χ0n) is 6.45. The molecule has 0 radical (unpaired) electrons. The zero-order chi connectivity index (χ0) is 7.56. The van der Waals surface area contributed by atoms with Crippen LogP contribution in [0.1, 0.15) is 13.3 Å². The van der Waals surface area contributed by atoms with Crippen molar-refractivity contribution in [3.05, 3.63) is 12.7 Å². The Morgan fingerprint density at radius 1 is 1.80 bits per heavy atom. The van der Waals surface area contributed by atoms with Gasteiger partial charge in [-0.3, -0.25) is 4.90 Å². The van der Waals surface area contributed by atoms with Crippen LogP contribution in [-0.2, 0) is 0 Å². The van der Waals surface area contributed by atoms with Crippen molar-refractivity contribution in [3.8, 4) is 0 Å². The Labute approximate surface area is 62.2 Å². The third-order valence-electron chi connectivity index (χ3n) is 2.11. The summed E-state index contributed by atoms with van der Waals surface area (Å²) in [4.78, 5) is 2.23. The van der Waals surface area contributed by atoms with E-state index < -0.39 is 0 Å². The molecular weight excluding hydrogens is 126 g/mol. The lowest BCUT2D eigenvalue weighted by atomic mass is 10.3. The fourth-order valence-corrected chi connectivity index (χ4v) is 1.29. The second-order valence-electron chi connectivity index (χ2n) is 2.91. The first-order chi connectivity index (χ1) is 4.74. The number of β-amino-alcohol motifs (C(OH)–C–C–N with tert-alkyl or cyclic N) is 1. The van der Waals surface area contributed by atoms with Crippen LogP contribution < -0.4 is 0 Å². The average molecular weight is 141 g/mol. The molecule has 0 amide bonds. The van der Waals surface area contributed by atoms with Gasteiger partial charge in [-0.25, -0.2) is 0 Å². The van der Waals surface area contributed by atoms with Gasteiger partial charge in [0.25, 0.3) is 0 Å². The van der Waals surface area contributed by atoms with Gasteiger partial charge >= 0.3 is 0 Å². The molecule has 1 rings (SSSR count). The largest absolute Gasteiger partial charge is 0.392 e. The molecule has 0 aromatic rings. The first-order valence-corrected chi connectivity index (χ1v) is 3.78. The molecule has 1 saturated heterocycles. The minimum absolute atomic E-state index is 0.109. The molecule has 1 N–H and O–H groups in total. The molecule has 2 atom stereocenters. The smallest absolute Gasteiger partial charge is 0.0679 e. The highest BCUT2D eigenvalue weighted by Crippen LogP contribution is 2.12. The molecule has 0 aromatic carbocycles. The number of hydrogen-bond acceptors (Lipinski definition) is 2. The molecule has 0 aromatic heterocycles. The van der Waals surface area contributed by atoms with Gasteiger partial charge in [0.05, 0.1) is 6.10 Å². The molecule has 0 bridgehead atoms. The first-order valence-electron chi connectivity index (χ1n) is 3.78. The predicted molar refractivity (Wildman–Crippen MR) is 41.9 cm³/mol. The summed E-state index contributed by atoms with van der Waals surface area (Å²) in [5, 5.41) is 9.17. The average Bonchev–Trinajstić information content (AvgIpc) is 2.34. The minimum atomic E-state index is -0.109. The van der Waals surface area contributed by atoms with Crippen molar-refractivity contribution in [2.75, 3.05) is 13.1 Å². The molecule has 1 aliphatic rings. The van der Waals surface area contributed by atoms with Crippen LogP contribution in [0.2, 0.25) is 0 Å². The lowest BCUT2D eigenvalue weighted by Gasteiger charge is -2.19. The number of nitrogens with zero attached hydrogens (tertiary/aromatic N) is 1. The lowest BCUT2D eigenvalue weighted by molar-refractivity contribution is 0.170. The van der Waals surface area contributed by atoms with Crippen LogP contribution in [0.3, 0.4) is 0 Å². The van der Waals surface area contributed by atoms with Gasteiger partial charge in [0.15, 0.2) is 0 Å². The molecule has 2 heteroatoms. The maximum absolute atomic E-state index is 9.17. The Hall–Kier alpha value is -0.340. The van der Waals surface area contributed by atoms with Crippen LogP contribution >= 0.6 is 0 Å². The van der Waals surface area contributed by atoms with Gasteiger partial charge in [-0.1, -0.05) is 6.08 Å². The number of aliphatic hydroxyl groups excluding tert-OH is 1. The van der Waals surface area contributed by atoms with Gasteiger partial charge in [-0.15, -0.1) is 6.58 Å². The van der Waals surface area contributed by atoms with E-state index in [-0.39, 0.29) is 6.10 Å². The molecule has 1 fully saturated rings. The van der Waals surface area contributed by atoms with Crippen molar-refractivity contribution in [1.82, 2.24) is 4.90 Å². The Balaban J connectivity index is 2.36. The molecule has 2 nitrogen and oxygen atoms in total. The summed E-state index contributed by atoms with van der Waals surface area (Å²) >= 11 is 0. The third-order valence-corrected chi connectivity index (χ3v) is 2.11. The summed E-state index contributed by atoms with van der Waals surface area (Å²) in [5.41, 5.74) is 0. The fourth-order valence-electron chi connectivity index (χ4n) is 1.29. The second-order valence-corrected chi connectivity index (χ2v) is 2.91. The Kier molecular flexibility index (Phi) is 2.46. The Morgan fingerprint density at radius 3 is 2.90 bits per heavy atom. The summed E-state index contributed by atoms with van der Waals surface area (Å²) in [7, 11) is 0. The molecule has 0 aliphatic carbocycles. The van der Waals surface area contributed by atoms with Gasteiger partial charge in [-0.05, 0) is 13.3 Å². The van der Waals surface area contributed by atoms with Crippen LogP contribution in [0, 0.1) is 0 Å². The van der Waals surface area contributed by atoms with E-state index in [2.05, 4.69) is 18.4 Å². The van der Waals surface area contributed by atoms with Crippen molar-refractivity contribution in [2.45, 2.75) is 25.5 Å². The van der Waals surface area contributed by atoms with Crippen molar-refractivity contribution < 1.29 is 5.11 Å². The number of likely N-dealkylation sites (tertiary alicyclic amines) is 1. The summed E-state index contributed by atoms with van der Waals surface area (Å²) in [6.45, 7) is 7.63. The van der Waals surface area contributed by atoms with E-state index in [1.54, 1.807) is 0 Å². The molecule has 1 heterocycles. The van der Waals surface area contributed by atoms with E-state index >= 15 is 0 Å². The van der Waals surface area contributed by atoms with Crippen molar-refractivity contribution in [3.63, 3.8) is 0 Å². The third kappa shape index (κ3) is 1.58. The van der Waals surface area contributed by atoms with Gasteiger partial charge in [0.2, 0.25) is 0 Å². The monoisotopic (exact) mass is 141 g/mol. The Bertz CT molecular complexity index is 124. The van der Waals surface area contributed by atoms with Crippen LogP contribution in [-0.4, -0.2) is 35.2 Å². The van der Waals surface area contributed by atoms with Crippen LogP contribution in [0.15, 0.2) is 12.7 Å². The minimum Gasteiger partial charge on any atom is -0.392 e. The van der Waals surface area contributed by atoms with Crippen LogP contribution in [0.25, 0.3) is 0 Å². The molecular formula is C8H15NO. The van der Waals surface area contributed by atoms with E-state index in [0.29, 0.717) is 6.04 Å². The molecule has 10 heavy (non-hydrogen) atoms. The van der Waals surface area contributed by atoms with Crippen molar-refractivity contribution in [2.24, 2.45) is 0 Å². The zero-order valence-corrected chi connectivity index (χ0v) is 6.45. The van der Waals surface area contributed by atoms with Crippen LogP contribution in [0.4, 0.5) is 0 Å². The van der Waals surface area contributed by atoms with Crippen molar-refractivity contribution >= 4 is 0 Å². The quantitative estimate of drug-likeness (QED) is 0.570. The lowest BCUT2D eigenvalue weighted by Crippen LogP contribution is -2.29. The number of rotatable bonds is 2. The summed E-state index contributed by atoms with van der Waals surface area (Å²) < 4.78 is 0. The maximum Gasteiger partial charge on any atom is 0.0679 e. The Morgan fingerprint density at radius 2 is 2.50 bits per heavy atom. The molecule has 0 saturated carbocycles. The number of hydrogen-bond donors (Lipinski definition) is 1. The van der Waals surface area contributed by atoms with Crippen molar-refractivity contribution in [1.29, 1.82) is 0 Å². The van der Waals surface area contributed by atoms with Gasteiger partial charge < -0.3 is 5.11 Å². The fraction of sp³-hybridized carbons (Fsp3) is 0.750. The number of aliphatic hydroxyl groups is 1. The SMILES string of the molecule is C=CC(C)N1CC[C@H](O)C1. The highest BCUT2D eigenvalue weighted by Gasteiger charge is 2.22. The highest BCUT2D eigenvalue weighted by atomic mass is 16.3. The van der Waals surface area contributed by atoms with E-state index in [1.807, 2.05) is 6.08 Å². The van der Waals surface area contributed by atoms with Gasteiger partial charge in [-0.2, -0.15) is 0 Å². The predicted octanol–water partition coefficient (Wildman–Crippen LogP) is 0.627. The molecule has 1 unspecified atom stereocenters. The van der Waals surface area contributed by atoms with Gasteiger partial charge in [0, 0.05) is 19.1 Å². The summed E-state index contributed by atoms with van der Waals surface area (Å²) in [6.07, 6.45) is 2.72. The maximum atomic E-state index is 9.17. The van der Waals surface area contributed by atoms with E-state index in [1.165, 1.54) is 0 Å². The summed E-state index contributed by atoms with van der Waals surface area (Å²) in [5.74, 6) is 0. The van der Waals surface area contributed by atoms with E-state index in [0.717, 1.165) is 19.5 Å². The van der Waals surface area contributed by atoms with E-state index in [4.69, 9.17) is 5.11 Å². The molecule has 58 valence electrons.